The molecule has 0 N–H and O–H groups in total. The summed E-state index contributed by atoms with van der Waals surface area (Å²) in [6, 6.07) is 27.7. The van der Waals surface area contributed by atoms with Crippen molar-refractivity contribution in [3.63, 3.8) is 0 Å². The van der Waals surface area contributed by atoms with Crippen molar-refractivity contribution < 1.29 is 65.1 Å². The number of unbranched alkanes of at least 4 members (excludes halogenated alkanes) is 1. The van der Waals surface area contributed by atoms with Crippen LogP contribution in [0.25, 0.3) is 0 Å². The maximum atomic E-state index is 12.4. The van der Waals surface area contributed by atoms with E-state index in [1.54, 1.807) is 6.07 Å². The van der Waals surface area contributed by atoms with Gasteiger partial charge in [-0.3, -0.25) is 0 Å². The highest BCUT2D eigenvalue weighted by molar-refractivity contribution is 7.97. The lowest BCUT2D eigenvalue weighted by Gasteiger charge is -2.34. The maximum Gasteiger partial charge on any atom is 0.460 e. The van der Waals surface area contributed by atoms with Crippen molar-refractivity contribution in [2.75, 3.05) is 5.75 Å². The lowest BCUT2D eigenvalue weighted by atomic mass is 10.1. The number of hydrogen-bond donors (Lipinski definition) is 0. The zero-order valence-corrected chi connectivity index (χ0v) is 24.7. The second-order valence-corrected chi connectivity index (χ2v) is 13.8. The summed E-state index contributed by atoms with van der Waals surface area (Å²) in [7, 11) is -11.5. The maximum absolute atomic E-state index is 12.4. The van der Waals surface area contributed by atoms with Crippen LogP contribution in [0.15, 0.2) is 99.6 Å². The lowest BCUT2D eigenvalue weighted by molar-refractivity contribution is -0.382. The van der Waals surface area contributed by atoms with Crippen molar-refractivity contribution in [1.82, 2.24) is 0 Å². The molecule has 0 atom stereocenters. The molecule has 0 saturated heterocycles. The van der Waals surface area contributed by atoms with E-state index in [0.29, 0.717) is 12.2 Å². The Balaban J connectivity index is 0.000000345. The van der Waals surface area contributed by atoms with E-state index in [9.17, 15) is 60.9 Å². The van der Waals surface area contributed by atoms with Crippen molar-refractivity contribution in [3.05, 3.63) is 84.9 Å². The summed E-state index contributed by atoms with van der Waals surface area (Å²) in [6.07, 6.45) is -5.76. The van der Waals surface area contributed by atoms with E-state index in [4.69, 9.17) is 4.18 Å². The topological polar surface area (TPSA) is 101 Å². The highest BCUT2D eigenvalue weighted by Crippen LogP contribution is 2.54. The van der Waals surface area contributed by atoms with Crippen LogP contribution in [0.4, 0.5) is 39.5 Å². The largest absolute Gasteiger partial charge is 0.743 e. The molecule has 0 unspecified atom stereocenters. The molecule has 0 radical (unpaired) electrons. The molecule has 6 nitrogen and oxygen atoms in total. The van der Waals surface area contributed by atoms with Gasteiger partial charge in [0, 0.05) is 0 Å². The molecule has 0 spiro atoms. The fraction of sp³-hybridized carbons (Fsp3) is 0.308. The Morgan fingerprint density at radius 2 is 1.11 bits per heavy atom. The summed E-state index contributed by atoms with van der Waals surface area (Å²) < 4.78 is 166. The van der Waals surface area contributed by atoms with Gasteiger partial charge in [0.25, 0.3) is 0 Å². The quantitative estimate of drug-likeness (QED) is 0.0906. The van der Waals surface area contributed by atoms with Gasteiger partial charge in [0.2, 0.25) is 4.90 Å². The molecule has 3 aromatic rings. The molecular weight excluding hydrogens is 675 g/mol. The minimum Gasteiger partial charge on any atom is -0.743 e. The van der Waals surface area contributed by atoms with Gasteiger partial charge in [-0.2, -0.15) is 47.9 Å². The SMILES string of the molecule is CCCCS(=O)(=O)Oc1ccccc1[S+](c1ccccc1)c1ccccc1.O=S(=O)([O-])C(F)(F)C(F)(F)C(F)(F)C(F)(F)F. The van der Waals surface area contributed by atoms with Crippen LogP contribution >= 0.6 is 0 Å². The fourth-order valence-electron chi connectivity index (χ4n) is 3.21. The number of benzene rings is 3. The van der Waals surface area contributed by atoms with E-state index in [1.165, 1.54) is 0 Å². The van der Waals surface area contributed by atoms with Crippen LogP contribution in [0, 0.1) is 0 Å². The Kier molecular flexibility index (Phi) is 11.8. The first-order valence-electron chi connectivity index (χ1n) is 12.1. The molecule has 0 aliphatic carbocycles. The monoisotopic (exact) mass is 698 g/mol. The molecule has 0 heterocycles. The molecule has 0 amide bonds. The fourth-order valence-corrected chi connectivity index (χ4v) is 7.01. The molecule has 0 saturated carbocycles. The molecular formula is C26H23F9O6S3. The predicted octanol–water partition coefficient (Wildman–Crippen LogP) is 7.25. The van der Waals surface area contributed by atoms with Gasteiger partial charge in [0.05, 0.1) is 5.75 Å². The first-order valence-corrected chi connectivity index (χ1v) is 16.3. The van der Waals surface area contributed by atoms with Crippen LogP contribution in [0.3, 0.4) is 0 Å². The van der Waals surface area contributed by atoms with E-state index >= 15 is 0 Å². The van der Waals surface area contributed by atoms with Crippen LogP contribution in [-0.4, -0.2) is 50.4 Å². The Morgan fingerprint density at radius 3 is 1.52 bits per heavy atom. The Labute approximate surface area is 250 Å². The van der Waals surface area contributed by atoms with Crippen LogP contribution in [-0.2, 0) is 31.1 Å². The van der Waals surface area contributed by atoms with Gasteiger partial charge in [-0.25, -0.2) is 8.42 Å². The normalized spacial score (nSPS) is 13.3. The zero-order chi connectivity index (χ0) is 33.6. The molecule has 18 heteroatoms. The lowest BCUT2D eigenvalue weighted by Crippen LogP contribution is -2.63. The summed E-state index contributed by atoms with van der Waals surface area (Å²) in [4.78, 5) is 3.10. The van der Waals surface area contributed by atoms with Crippen LogP contribution in [0.2, 0.25) is 0 Å². The first-order chi connectivity index (χ1) is 20.1. The molecule has 0 aliphatic heterocycles. The average molecular weight is 699 g/mol. The number of alkyl halides is 9. The molecule has 3 rings (SSSR count). The van der Waals surface area contributed by atoms with Gasteiger partial charge in [-0.15, -0.1) is 0 Å². The van der Waals surface area contributed by atoms with E-state index < -0.39 is 54.4 Å². The van der Waals surface area contributed by atoms with E-state index in [-0.39, 0.29) is 5.75 Å². The van der Waals surface area contributed by atoms with Gasteiger partial charge in [0.15, 0.2) is 25.7 Å². The molecule has 44 heavy (non-hydrogen) atoms. The highest BCUT2D eigenvalue weighted by atomic mass is 32.2. The van der Waals surface area contributed by atoms with Crippen molar-refractivity contribution in [2.45, 2.75) is 57.7 Å². The van der Waals surface area contributed by atoms with Gasteiger partial charge in [-0.1, -0.05) is 61.9 Å². The average Bonchev–Trinajstić information content (AvgIpc) is 2.93. The van der Waals surface area contributed by atoms with E-state index in [1.807, 2.05) is 61.5 Å². The first kappa shape index (κ1) is 37.2. The number of para-hydroxylation sites is 1. The third-order valence-electron chi connectivity index (χ3n) is 5.42. The van der Waals surface area contributed by atoms with Crippen LogP contribution in [0.1, 0.15) is 19.8 Å². The van der Waals surface area contributed by atoms with Crippen LogP contribution in [0.5, 0.6) is 5.75 Å². The third-order valence-corrected chi connectivity index (χ3v) is 9.79. The van der Waals surface area contributed by atoms with Crippen molar-refractivity contribution in [2.24, 2.45) is 0 Å². The Bertz CT molecular complexity index is 1540. The summed E-state index contributed by atoms with van der Waals surface area (Å²) in [6.45, 7) is 1.96. The second kappa shape index (κ2) is 14.0. The summed E-state index contributed by atoms with van der Waals surface area (Å²) in [5, 5.41) is -7.11. The number of hydrogen-bond acceptors (Lipinski definition) is 6. The van der Waals surface area contributed by atoms with E-state index in [2.05, 4.69) is 24.3 Å². The van der Waals surface area contributed by atoms with Crippen molar-refractivity contribution in [3.8, 4) is 5.75 Å². The molecule has 0 bridgehead atoms. The minimum atomic E-state index is -7.43. The summed E-state index contributed by atoms with van der Waals surface area (Å²) in [5.41, 5.74) is 0. The van der Waals surface area contributed by atoms with Crippen LogP contribution < -0.4 is 4.18 Å². The molecule has 244 valence electrons. The second-order valence-electron chi connectivity index (χ2n) is 8.70. The zero-order valence-electron chi connectivity index (χ0n) is 22.3. The molecule has 0 fully saturated rings. The molecule has 3 aromatic carbocycles. The molecule has 0 aliphatic rings. The van der Waals surface area contributed by atoms with Gasteiger partial charge in [-0.05, 0) is 42.8 Å². The number of rotatable bonds is 11. The van der Waals surface area contributed by atoms with Crippen molar-refractivity contribution in [1.29, 1.82) is 0 Å². The summed E-state index contributed by atoms with van der Waals surface area (Å²) >= 11 is 0. The van der Waals surface area contributed by atoms with E-state index in [0.717, 1.165) is 21.1 Å². The highest BCUT2D eigenvalue weighted by Gasteiger charge is 2.83. The third kappa shape index (κ3) is 8.39. The smallest absolute Gasteiger partial charge is 0.460 e. The van der Waals surface area contributed by atoms with Gasteiger partial charge in [0.1, 0.15) is 10.9 Å². The minimum absolute atomic E-state index is 0.0300. The molecule has 0 aromatic heterocycles. The van der Waals surface area contributed by atoms with Gasteiger partial charge >= 0.3 is 33.4 Å². The predicted molar refractivity (Wildman–Crippen MR) is 141 cm³/mol. The summed E-state index contributed by atoms with van der Waals surface area (Å²) in [5.74, 6) is -14.4. The number of halogens is 9. The standard InChI is InChI=1S/C22H23O3S2.C4HF9O3S/c1-2-3-18-27(23,24)25-21-16-10-11-17-22(21)26(19-12-6-4-7-13-19)20-14-8-5-9-15-20;5-1(6,3(9,10)11)2(7,8)4(12,13)17(14,15)16/h4-17H,2-3,18H2,1H3;(H,14,15,16)/q+1;/p-1. The van der Waals surface area contributed by atoms with Crippen molar-refractivity contribution >= 4 is 31.1 Å². The Morgan fingerprint density at radius 1 is 0.682 bits per heavy atom. The van der Waals surface area contributed by atoms with Gasteiger partial charge < -0.3 is 8.74 Å². The Hall–Kier alpha value is -2.96.